The lowest BCUT2D eigenvalue weighted by atomic mass is 10.2. The van der Waals surface area contributed by atoms with Crippen LogP contribution in [0.2, 0.25) is 5.02 Å². The molecule has 142 valence electrons. The van der Waals surface area contributed by atoms with Crippen LogP contribution < -0.4 is 0 Å². The number of amides is 1. The van der Waals surface area contributed by atoms with Crippen molar-refractivity contribution in [3.8, 4) is 0 Å². The van der Waals surface area contributed by atoms with E-state index in [0.29, 0.717) is 23.0 Å². The first-order valence-corrected chi connectivity index (χ1v) is 9.61. The number of hydrogen-bond acceptors (Lipinski definition) is 5. The first-order chi connectivity index (χ1) is 12.1. The number of nitrogens with zero attached hydrogens (tertiary/aromatic N) is 2. The number of thiophene rings is 1. The zero-order valence-electron chi connectivity index (χ0n) is 15.8. The van der Waals surface area contributed by atoms with Gasteiger partial charge in [0, 0.05) is 23.2 Å². The highest BCUT2D eigenvalue weighted by atomic mass is 35.5. The molecule has 1 aromatic heterocycles. The van der Waals surface area contributed by atoms with Gasteiger partial charge < -0.3 is 14.5 Å². The molecule has 0 atom stereocenters. The third-order valence-corrected chi connectivity index (χ3v) is 5.24. The lowest BCUT2D eigenvalue weighted by molar-refractivity contribution is -0.155. The van der Waals surface area contributed by atoms with Crippen LogP contribution in [0.1, 0.15) is 30.4 Å². The maximum Gasteiger partial charge on any atom is 0.326 e. The largest absolute Gasteiger partial charge is 0.459 e. The van der Waals surface area contributed by atoms with Crippen LogP contribution in [0.5, 0.6) is 0 Å². The highest BCUT2D eigenvalue weighted by Crippen LogP contribution is 2.35. The van der Waals surface area contributed by atoms with Crippen molar-refractivity contribution >= 4 is 44.9 Å². The highest BCUT2D eigenvalue weighted by Gasteiger charge is 2.26. The summed E-state index contributed by atoms with van der Waals surface area (Å²) in [4.78, 5) is 29.2. The van der Waals surface area contributed by atoms with Crippen LogP contribution >= 0.6 is 22.9 Å². The molecule has 26 heavy (non-hydrogen) atoms. The molecule has 0 radical (unpaired) electrons. The first-order valence-electron chi connectivity index (χ1n) is 8.41. The Hall–Kier alpha value is -1.63. The minimum Gasteiger partial charge on any atom is -0.459 e. The number of carbonyl (C=O) groups excluding carboxylic acids is 2. The molecule has 0 aliphatic carbocycles. The van der Waals surface area contributed by atoms with E-state index in [1.807, 2.05) is 43.3 Å². The second kappa shape index (κ2) is 8.37. The van der Waals surface area contributed by atoms with Gasteiger partial charge in [0.2, 0.25) is 0 Å². The summed E-state index contributed by atoms with van der Waals surface area (Å²) in [6.45, 7) is 6.36. The van der Waals surface area contributed by atoms with Gasteiger partial charge >= 0.3 is 5.97 Å². The zero-order valence-corrected chi connectivity index (χ0v) is 17.4. The molecule has 1 aromatic carbocycles. The van der Waals surface area contributed by atoms with E-state index >= 15 is 0 Å². The molecular weight excluding hydrogens is 372 g/mol. The fourth-order valence-electron chi connectivity index (χ4n) is 2.40. The van der Waals surface area contributed by atoms with Crippen molar-refractivity contribution in [1.82, 2.24) is 9.80 Å². The van der Waals surface area contributed by atoms with Crippen LogP contribution in [0, 0.1) is 0 Å². The topological polar surface area (TPSA) is 49.9 Å². The molecule has 0 aliphatic heterocycles. The van der Waals surface area contributed by atoms with Gasteiger partial charge in [-0.25, -0.2) is 0 Å². The predicted molar refractivity (Wildman–Crippen MR) is 107 cm³/mol. The van der Waals surface area contributed by atoms with Crippen molar-refractivity contribution in [2.24, 2.45) is 0 Å². The average Bonchev–Trinajstić information content (AvgIpc) is 2.86. The van der Waals surface area contributed by atoms with Gasteiger partial charge in [0.1, 0.15) is 17.0 Å². The minimum absolute atomic E-state index is 0.103. The SMILES string of the molecule is CN(C)CCN(CC(=O)OC(C)(C)C)C(=O)c1sc2ccccc2c1Cl. The van der Waals surface area contributed by atoms with E-state index in [2.05, 4.69) is 0 Å². The lowest BCUT2D eigenvalue weighted by Crippen LogP contribution is -2.41. The molecule has 1 amide bonds. The lowest BCUT2D eigenvalue weighted by Gasteiger charge is -2.26. The van der Waals surface area contributed by atoms with Gasteiger partial charge in [-0.3, -0.25) is 9.59 Å². The Bertz CT molecular complexity index is 796. The number of hydrogen-bond donors (Lipinski definition) is 0. The molecule has 0 fully saturated rings. The molecule has 0 bridgehead atoms. The number of halogens is 1. The number of ether oxygens (including phenoxy) is 1. The molecule has 2 aromatic rings. The fourth-order valence-corrected chi connectivity index (χ4v) is 3.88. The molecule has 7 heteroatoms. The third-order valence-electron chi connectivity index (χ3n) is 3.57. The Morgan fingerprint density at radius 2 is 1.81 bits per heavy atom. The first kappa shape index (κ1) is 20.7. The Balaban J connectivity index is 2.26. The molecule has 1 heterocycles. The number of fused-ring (bicyclic) bond motifs is 1. The van der Waals surface area contributed by atoms with E-state index in [1.54, 1.807) is 20.8 Å². The van der Waals surface area contributed by atoms with E-state index in [-0.39, 0.29) is 12.5 Å². The summed E-state index contributed by atoms with van der Waals surface area (Å²) < 4.78 is 6.32. The van der Waals surface area contributed by atoms with Crippen molar-refractivity contribution in [1.29, 1.82) is 0 Å². The summed E-state index contributed by atoms with van der Waals surface area (Å²) in [5, 5.41) is 1.29. The van der Waals surface area contributed by atoms with Crippen LogP contribution in [0.3, 0.4) is 0 Å². The van der Waals surface area contributed by atoms with E-state index in [9.17, 15) is 9.59 Å². The van der Waals surface area contributed by atoms with Gasteiger partial charge in [0.05, 0.1) is 5.02 Å². The molecule has 5 nitrogen and oxygen atoms in total. The Kier molecular flexibility index (Phi) is 6.66. The number of carbonyl (C=O) groups is 2. The average molecular weight is 397 g/mol. The zero-order chi connectivity index (χ0) is 19.5. The monoisotopic (exact) mass is 396 g/mol. The molecule has 0 saturated carbocycles. The van der Waals surface area contributed by atoms with Gasteiger partial charge in [-0.1, -0.05) is 29.8 Å². The van der Waals surface area contributed by atoms with Crippen LogP contribution in [-0.4, -0.2) is 61.0 Å². The van der Waals surface area contributed by atoms with Crippen molar-refractivity contribution in [3.05, 3.63) is 34.2 Å². The van der Waals surface area contributed by atoms with Crippen molar-refractivity contribution in [2.45, 2.75) is 26.4 Å². The van der Waals surface area contributed by atoms with Gasteiger partial charge in [-0.05, 0) is 40.9 Å². The molecule has 0 N–H and O–H groups in total. The number of likely N-dealkylation sites (N-methyl/N-ethyl adjacent to an activating group) is 1. The molecule has 0 unspecified atom stereocenters. The summed E-state index contributed by atoms with van der Waals surface area (Å²) in [6, 6.07) is 7.62. The van der Waals surface area contributed by atoms with Crippen LogP contribution in [0.25, 0.3) is 10.1 Å². The van der Waals surface area contributed by atoms with Gasteiger partial charge in [0.25, 0.3) is 5.91 Å². The second-order valence-corrected chi connectivity index (χ2v) is 8.79. The number of benzene rings is 1. The Morgan fingerprint density at radius 1 is 1.15 bits per heavy atom. The van der Waals surface area contributed by atoms with E-state index in [0.717, 1.165) is 10.1 Å². The summed E-state index contributed by atoms with van der Waals surface area (Å²) in [6.07, 6.45) is 0. The van der Waals surface area contributed by atoms with Crippen molar-refractivity contribution in [2.75, 3.05) is 33.7 Å². The Morgan fingerprint density at radius 3 is 2.38 bits per heavy atom. The van der Waals surface area contributed by atoms with Gasteiger partial charge in [0.15, 0.2) is 0 Å². The summed E-state index contributed by atoms with van der Waals surface area (Å²) in [5.74, 6) is -0.675. The van der Waals surface area contributed by atoms with E-state index < -0.39 is 11.6 Å². The molecular formula is C19H25ClN2O3S. The maximum absolute atomic E-state index is 13.1. The second-order valence-electron chi connectivity index (χ2n) is 7.36. The summed E-state index contributed by atoms with van der Waals surface area (Å²) in [5.41, 5.74) is -0.595. The normalized spacial score (nSPS) is 11.8. The minimum atomic E-state index is -0.595. The van der Waals surface area contributed by atoms with E-state index in [4.69, 9.17) is 16.3 Å². The predicted octanol–water partition coefficient (Wildman–Crippen LogP) is 3.90. The molecule has 2 rings (SSSR count). The maximum atomic E-state index is 13.1. The number of rotatable bonds is 6. The fraction of sp³-hybridized carbons (Fsp3) is 0.474. The van der Waals surface area contributed by atoms with Crippen LogP contribution in [0.4, 0.5) is 0 Å². The smallest absolute Gasteiger partial charge is 0.326 e. The van der Waals surface area contributed by atoms with E-state index in [1.165, 1.54) is 16.2 Å². The highest BCUT2D eigenvalue weighted by molar-refractivity contribution is 7.21. The third kappa shape index (κ3) is 5.43. The standard InChI is InChI=1S/C19H25ClN2O3S/c1-19(2,3)25-15(23)12-22(11-10-21(4)5)18(24)17-16(20)13-8-6-7-9-14(13)26-17/h6-9H,10-12H2,1-5H3. The van der Waals surface area contributed by atoms with Gasteiger partial charge in [-0.15, -0.1) is 11.3 Å². The number of esters is 1. The van der Waals surface area contributed by atoms with Crippen molar-refractivity contribution in [3.63, 3.8) is 0 Å². The molecule has 0 aliphatic rings. The van der Waals surface area contributed by atoms with Crippen LogP contribution in [0.15, 0.2) is 24.3 Å². The van der Waals surface area contributed by atoms with Gasteiger partial charge in [-0.2, -0.15) is 0 Å². The summed E-state index contributed by atoms with van der Waals surface area (Å²) in [7, 11) is 3.84. The van der Waals surface area contributed by atoms with Crippen molar-refractivity contribution < 1.29 is 14.3 Å². The van der Waals surface area contributed by atoms with Crippen LogP contribution in [-0.2, 0) is 9.53 Å². The molecule has 0 saturated heterocycles. The summed E-state index contributed by atoms with van der Waals surface area (Å²) >= 11 is 7.78. The quantitative estimate of drug-likeness (QED) is 0.695. The molecule has 0 spiro atoms. The Labute approximate surface area is 163 Å².